The van der Waals surface area contributed by atoms with Crippen molar-refractivity contribution in [3.8, 4) is 0 Å². The van der Waals surface area contributed by atoms with E-state index in [9.17, 15) is 13.2 Å². The van der Waals surface area contributed by atoms with Gasteiger partial charge in [-0.15, -0.1) is 0 Å². The Morgan fingerprint density at radius 1 is 1.27 bits per heavy atom. The number of hydrogen-bond donors (Lipinski definition) is 0. The number of morpholine rings is 1. The molecule has 0 N–H and O–H groups in total. The molecule has 3 aliphatic heterocycles. The molecule has 3 aliphatic rings. The van der Waals surface area contributed by atoms with Crippen LogP contribution in [0.5, 0.6) is 0 Å². The van der Waals surface area contributed by atoms with E-state index in [1.807, 2.05) is 13.8 Å². The van der Waals surface area contributed by atoms with Crippen molar-refractivity contribution in [2.75, 3.05) is 6.61 Å². The molecule has 0 aliphatic carbocycles. The lowest BCUT2D eigenvalue weighted by atomic mass is 9.88. The molecule has 2 nitrogen and oxygen atoms in total. The first-order valence-corrected chi connectivity index (χ1v) is 5.37. The fourth-order valence-corrected chi connectivity index (χ4v) is 2.78. The molecule has 0 amide bonds. The Kier molecular flexibility index (Phi) is 2.71. The van der Waals surface area contributed by atoms with Crippen LogP contribution in [0.3, 0.4) is 0 Å². The zero-order valence-electron chi connectivity index (χ0n) is 8.92. The third kappa shape index (κ3) is 1.87. The second kappa shape index (κ2) is 3.63. The zero-order chi connectivity index (χ0) is 11.2. The molecule has 0 saturated carbocycles. The molecule has 5 heteroatoms. The van der Waals surface area contributed by atoms with E-state index in [1.54, 1.807) is 4.90 Å². The van der Waals surface area contributed by atoms with E-state index in [1.165, 1.54) is 0 Å². The smallest absolute Gasteiger partial charge is 0.375 e. The van der Waals surface area contributed by atoms with Gasteiger partial charge < -0.3 is 4.74 Å². The monoisotopic (exact) mass is 223 g/mol. The molecule has 0 aromatic rings. The third-order valence-electron chi connectivity index (χ3n) is 3.31. The predicted molar refractivity (Wildman–Crippen MR) is 49.6 cm³/mol. The third-order valence-corrected chi connectivity index (χ3v) is 3.31. The quantitative estimate of drug-likeness (QED) is 0.675. The molecule has 0 radical (unpaired) electrons. The topological polar surface area (TPSA) is 12.5 Å². The summed E-state index contributed by atoms with van der Waals surface area (Å²) in [5.74, 6) is 0. The number of nitrogens with zero attached hydrogens (tertiary/aromatic N) is 1. The van der Waals surface area contributed by atoms with Crippen LogP contribution in [0, 0.1) is 0 Å². The summed E-state index contributed by atoms with van der Waals surface area (Å²) < 4.78 is 43.9. The second-order valence-corrected chi connectivity index (χ2v) is 4.63. The molecule has 0 spiro atoms. The van der Waals surface area contributed by atoms with Gasteiger partial charge in [-0.3, -0.25) is 4.90 Å². The van der Waals surface area contributed by atoms with Gasteiger partial charge in [-0.05, 0) is 26.7 Å². The number of hydrogen-bond acceptors (Lipinski definition) is 2. The van der Waals surface area contributed by atoms with Gasteiger partial charge in [0.2, 0.25) is 0 Å². The second-order valence-electron chi connectivity index (χ2n) is 4.63. The standard InChI is InChI=1S/C10H16F3NO/c1-6(2)14-7-3-4-8(15-5-7)9(14)10(11,12)13/h6-9H,3-5H2,1-2H3/t7?,8?,9-/m1/s1. The molecular weight excluding hydrogens is 207 g/mol. The summed E-state index contributed by atoms with van der Waals surface area (Å²) in [6.07, 6.45) is -3.46. The van der Waals surface area contributed by atoms with Crippen LogP contribution >= 0.6 is 0 Å². The van der Waals surface area contributed by atoms with E-state index in [2.05, 4.69) is 0 Å². The van der Waals surface area contributed by atoms with Gasteiger partial charge in [0.1, 0.15) is 6.04 Å². The fraction of sp³-hybridized carbons (Fsp3) is 1.00. The van der Waals surface area contributed by atoms with Crippen molar-refractivity contribution in [1.82, 2.24) is 4.90 Å². The Morgan fingerprint density at radius 2 is 1.93 bits per heavy atom. The average molecular weight is 223 g/mol. The molecule has 2 bridgehead atoms. The van der Waals surface area contributed by atoms with Gasteiger partial charge in [0.25, 0.3) is 0 Å². The van der Waals surface area contributed by atoms with Crippen molar-refractivity contribution in [2.45, 2.75) is 57.1 Å². The maximum absolute atomic E-state index is 12.9. The molecule has 3 heterocycles. The molecular formula is C10H16F3NO. The summed E-state index contributed by atoms with van der Waals surface area (Å²) in [4.78, 5) is 1.58. The number of ether oxygens (including phenoxy) is 1. The van der Waals surface area contributed by atoms with E-state index in [-0.39, 0.29) is 12.1 Å². The minimum absolute atomic E-state index is 0.0541. The Bertz CT molecular complexity index is 233. The summed E-state index contributed by atoms with van der Waals surface area (Å²) in [5, 5.41) is 0. The van der Waals surface area contributed by atoms with Crippen LogP contribution in [-0.4, -0.2) is 41.9 Å². The van der Waals surface area contributed by atoms with E-state index >= 15 is 0 Å². The number of alkyl halides is 3. The maximum Gasteiger partial charge on any atom is 0.406 e. The number of piperidine rings is 1. The SMILES string of the molecule is CC(C)N1C2CCC(OC2)[C@@H]1C(F)(F)F. The van der Waals surface area contributed by atoms with Crippen LogP contribution in [0.2, 0.25) is 0 Å². The first-order chi connectivity index (χ1) is 6.91. The molecule has 88 valence electrons. The van der Waals surface area contributed by atoms with E-state index in [0.29, 0.717) is 13.0 Å². The highest BCUT2D eigenvalue weighted by molar-refractivity contribution is 4.99. The molecule has 3 fully saturated rings. The van der Waals surface area contributed by atoms with Crippen LogP contribution in [0.4, 0.5) is 13.2 Å². The van der Waals surface area contributed by atoms with Crippen molar-refractivity contribution < 1.29 is 17.9 Å². The molecule has 15 heavy (non-hydrogen) atoms. The van der Waals surface area contributed by atoms with Gasteiger partial charge in [0.15, 0.2) is 0 Å². The summed E-state index contributed by atoms with van der Waals surface area (Å²) in [7, 11) is 0. The van der Waals surface area contributed by atoms with E-state index in [4.69, 9.17) is 4.74 Å². The first-order valence-electron chi connectivity index (χ1n) is 5.37. The maximum atomic E-state index is 12.9. The summed E-state index contributed by atoms with van der Waals surface area (Å²) >= 11 is 0. The minimum Gasteiger partial charge on any atom is -0.375 e. The van der Waals surface area contributed by atoms with Gasteiger partial charge in [0.05, 0.1) is 12.7 Å². The summed E-state index contributed by atoms with van der Waals surface area (Å²) in [6.45, 7) is 4.09. The molecule has 0 aromatic carbocycles. The van der Waals surface area contributed by atoms with Gasteiger partial charge in [0, 0.05) is 12.1 Å². The van der Waals surface area contributed by atoms with Crippen LogP contribution in [0.15, 0.2) is 0 Å². The van der Waals surface area contributed by atoms with E-state index in [0.717, 1.165) is 6.42 Å². The molecule has 0 aromatic heterocycles. The van der Waals surface area contributed by atoms with Crippen LogP contribution in [0.25, 0.3) is 0 Å². The highest BCUT2D eigenvalue weighted by atomic mass is 19.4. The van der Waals surface area contributed by atoms with Crippen LogP contribution in [0.1, 0.15) is 26.7 Å². The Balaban J connectivity index is 2.25. The fourth-order valence-electron chi connectivity index (χ4n) is 2.78. The Labute approximate surface area is 87.4 Å². The minimum atomic E-state index is -4.17. The van der Waals surface area contributed by atoms with Crippen molar-refractivity contribution in [3.63, 3.8) is 0 Å². The Morgan fingerprint density at radius 3 is 2.27 bits per heavy atom. The molecule has 3 atom stereocenters. The summed E-state index contributed by atoms with van der Waals surface area (Å²) in [6, 6.07) is -1.53. The van der Waals surface area contributed by atoms with Gasteiger partial charge >= 0.3 is 6.18 Å². The molecule has 3 saturated heterocycles. The molecule has 3 rings (SSSR count). The highest BCUT2D eigenvalue weighted by Crippen LogP contribution is 2.40. The van der Waals surface area contributed by atoms with Gasteiger partial charge in [-0.2, -0.15) is 13.2 Å². The van der Waals surface area contributed by atoms with E-state index < -0.39 is 18.3 Å². The summed E-state index contributed by atoms with van der Waals surface area (Å²) in [5.41, 5.74) is 0. The van der Waals surface area contributed by atoms with Crippen molar-refractivity contribution in [1.29, 1.82) is 0 Å². The van der Waals surface area contributed by atoms with Crippen LogP contribution in [-0.2, 0) is 4.74 Å². The lowest BCUT2D eigenvalue weighted by molar-refractivity contribution is -0.268. The normalized spacial score (nSPS) is 37.6. The first kappa shape index (κ1) is 11.2. The van der Waals surface area contributed by atoms with Crippen molar-refractivity contribution in [2.24, 2.45) is 0 Å². The average Bonchev–Trinajstić information content (AvgIpc) is 2.16. The van der Waals surface area contributed by atoms with Gasteiger partial charge in [-0.1, -0.05) is 0 Å². The van der Waals surface area contributed by atoms with Crippen molar-refractivity contribution in [3.05, 3.63) is 0 Å². The highest BCUT2D eigenvalue weighted by Gasteiger charge is 2.56. The van der Waals surface area contributed by atoms with Crippen molar-refractivity contribution >= 4 is 0 Å². The molecule has 2 unspecified atom stereocenters. The number of halogens is 3. The lowest BCUT2D eigenvalue weighted by Crippen LogP contribution is -2.67. The van der Waals surface area contributed by atoms with Crippen LogP contribution < -0.4 is 0 Å². The van der Waals surface area contributed by atoms with Gasteiger partial charge in [-0.25, -0.2) is 0 Å². The largest absolute Gasteiger partial charge is 0.406 e. The Hall–Kier alpha value is -0.290. The zero-order valence-corrected chi connectivity index (χ0v) is 8.92. The lowest BCUT2D eigenvalue weighted by Gasteiger charge is -2.53. The predicted octanol–water partition coefficient (Wildman–Crippen LogP) is 2.19. The number of rotatable bonds is 1. The number of fused-ring (bicyclic) bond motifs is 3.